The smallest absolute Gasteiger partial charge is 0.266 e. The summed E-state index contributed by atoms with van der Waals surface area (Å²) in [5.41, 5.74) is 2.97. The molecule has 0 spiro atoms. The van der Waals surface area contributed by atoms with Crippen molar-refractivity contribution in [3.8, 4) is 17.0 Å². The summed E-state index contributed by atoms with van der Waals surface area (Å²) < 4.78 is 6.76. The summed E-state index contributed by atoms with van der Waals surface area (Å²) in [7, 11) is 1.60. The van der Waals surface area contributed by atoms with Crippen LogP contribution >= 0.6 is 11.6 Å². The number of aryl methyl sites for hydroxylation is 2. The van der Waals surface area contributed by atoms with Crippen LogP contribution in [0.2, 0.25) is 5.02 Å². The minimum absolute atomic E-state index is 0.146. The van der Waals surface area contributed by atoms with Gasteiger partial charge in [0.05, 0.1) is 10.7 Å². The van der Waals surface area contributed by atoms with Crippen molar-refractivity contribution in [3.05, 3.63) is 75.5 Å². The number of nitrogens with one attached hydrogen (secondary N) is 1. The second-order valence-corrected chi connectivity index (χ2v) is 6.44. The highest BCUT2D eigenvalue weighted by Gasteiger charge is 2.08. The SMILES string of the molecule is Cc1ccc(Cl)c(OCC(=O)Nc2ccc(-c3ccc(=O)n(C)n3)cc2)c1. The molecule has 0 aliphatic carbocycles. The number of hydrogen-bond donors (Lipinski definition) is 1. The topological polar surface area (TPSA) is 73.2 Å². The fourth-order valence-electron chi connectivity index (χ4n) is 2.44. The van der Waals surface area contributed by atoms with Crippen molar-refractivity contribution in [2.75, 3.05) is 11.9 Å². The maximum atomic E-state index is 12.1. The van der Waals surface area contributed by atoms with Gasteiger partial charge in [-0.15, -0.1) is 0 Å². The number of hydrogen-bond acceptors (Lipinski definition) is 4. The van der Waals surface area contributed by atoms with Gasteiger partial charge in [-0.1, -0.05) is 29.8 Å². The van der Waals surface area contributed by atoms with Gasteiger partial charge in [-0.2, -0.15) is 5.10 Å². The first-order chi connectivity index (χ1) is 12.9. The Labute approximate surface area is 161 Å². The van der Waals surface area contributed by atoms with Crippen LogP contribution in [0.5, 0.6) is 5.75 Å². The number of anilines is 1. The van der Waals surface area contributed by atoms with Gasteiger partial charge < -0.3 is 10.1 Å². The summed E-state index contributed by atoms with van der Waals surface area (Å²) in [5, 5.41) is 7.42. The van der Waals surface area contributed by atoms with Gasteiger partial charge in [-0.3, -0.25) is 9.59 Å². The summed E-state index contributed by atoms with van der Waals surface area (Å²) in [5.74, 6) is 0.184. The second kappa shape index (κ2) is 8.05. The molecule has 0 fully saturated rings. The second-order valence-electron chi connectivity index (χ2n) is 6.03. The van der Waals surface area contributed by atoms with Crippen LogP contribution in [0.4, 0.5) is 5.69 Å². The normalized spacial score (nSPS) is 10.5. The third-order valence-electron chi connectivity index (χ3n) is 3.87. The van der Waals surface area contributed by atoms with Gasteiger partial charge in [0.1, 0.15) is 5.75 Å². The van der Waals surface area contributed by atoms with Gasteiger partial charge in [0, 0.05) is 24.4 Å². The van der Waals surface area contributed by atoms with Crippen molar-refractivity contribution in [1.82, 2.24) is 9.78 Å². The van der Waals surface area contributed by atoms with Crippen LogP contribution in [0.25, 0.3) is 11.3 Å². The predicted molar refractivity (Wildman–Crippen MR) is 105 cm³/mol. The molecule has 0 saturated heterocycles. The van der Waals surface area contributed by atoms with E-state index in [4.69, 9.17) is 16.3 Å². The number of benzene rings is 2. The Kier molecular flexibility index (Phi) is 5.57. The molecule has 7 heteroatoms. The fraction of sp³-hybridized carbons (Fsp3) is 0.150. The molecule has 1 N–H and O–H groups in total. The highest BCUT2D eigenvalue weighted by molar-refractivity contribution is 6.32. The van der Waals surface area contributed by atoms with E-state index < -0.39 is 0 Å². The van der Waals surface area contributed by atoms with Crippen LogP contribution in [0, 0.1) is 6.92 Å². The van der Waals surface area contributed by atoms with Gasteiger partial charge in [0.15, 0.2) is 6.61 Å². The van der Waals surface area contributed by atoms with Gasteiger partial charge in [-0.05, 0) is 42.8 Å². The predicted octanol–water partition coefficient (Wildman–Crippen LogP) is 3.43. The van der Waals surface area contributed by atoms with Crippen molar-refractivity contribution in [2.24, 2.45) is 7.05 Å². The van der Waals surface area contributed by atoms with Crippen LogP contribution in [0.15, 0.2) is 59.4 Å². The molecule has 0 aliphatic rings. The molecule has 0 atom stereocenters. The molecular weight excluding hydrogens is 366 g/mol. The van der Waals surface area contributed by atoms with E-state index in [2.05, 4.69) is 10.4 Å². The van der Waals surface area contributed by atoms with Crippen molar-refractivity contribution in [3.63, 3.8) is 0 Å². The molecule has 27 heavy (non-hydrogen) atoms. The largest absolute Gasteiger partial charge is 0.482 e. The number of ether oxygens (including phenoxy) is 1. The standard InChI is InChI=1S/C20H18ClN3O3/c1-13-3-8-16(21)18(11-13)27-12-19(25)22-15-6-4-14(5-7-15)17-9-10-20(26)24(2)23-17/h3-11H,12H2,1-2H3,(H,22,25). The first-order valence-electron chi connectivity index (χ1n) is 8.26. The van der Waals surface area contributed by atoms with E-state index in [0.29, 0.717) is 22.2 Å². The zero-order chi connectivity index (χ0) is 19.4. The van der Waals surface area contributed by atoms with E-state index in [1.807, 2.05) is 25.1 Å². The monoisotopic (exact) mass is 383 g/mol. The lowest BCUT2D eigenvalue weighted by Gasteiger charge is -2.10. The zero-order valence-electron chi connectivity index (χ0n) is 14.9. The van der Waals surface area contributed by atoms with E-state index in [-0.39, 0.29) is 18.1 Å². The highest BCUT2D eigenvalue weighted by atomic mass is 35.5. The van der Waals surface area contributed by atoms with E-state index in [1.54, 1.807) is 37.4 Å². The molecule has 138 valence electrons. The number of rotatable bonds is 5. The Morgan fingerprint density at radius 2 is 1.89 bits per heavy atom. The number of nitrogens with zero attached hydrogens (tertiary/aromatic N) is 2. The molecule has 0 bridgehead atoms. The number of aromatic nitrogens is 2. The summed E-state index contributed by atoms with van der Waals surface area (Å²) in [6, 6.07) is 15.7. The molecule has 3 rings (SSSR count). The van der Waals surface area contributed by atoms with Gasteiger partial charge >= 0.3 is 0 Å². The molecule has 2 aromatic carbocycles. The highest BCUT2D eigenvalue weighted by Crippen LogP contribution is 2.25. The van der Waals surface area contributed by atoms with Gasteiger partial charge in [0.2, 0.25) is 0 Å². The first kappa shape index (κ1) is 18.7. The quantitative estimate of drug-likeness (QED) is 0.732. The van der Waals surface area contributed by atoms with Crippen LogP contribution < -0.4 is 15.6 Å². The Balaban J connectivity index is 1.62. The van der Waals surface area contributed by atoms with Crippen molar-refractivity contribution in [2.45, 2.75) is 6.92 Å². The lowest BCUT2D eigenvalue weighted by Crippen LogP contribution is -2.20. The Bertz CT molecular complexity index is 1030. The van der Waals surface area contributed by atoms with Gasteiger partial charge in [-0.25, -0.2) is 4.68 Å². The third-order valence-corrected chi connectivity index (χ3v) is 4.18. The van der Waals surface area contributed by atoms with Crippen molar-refractivity contribution in [1.29, 1.82) is 0 Å². The zero-order valence-corrected chi connectivity index (χ0v) is 15.7. The minimum atomic E-state index is -0.291. The molecule has 1 amide bonds. The van der Waals surface area contributed by atoms with Crippen LogP contribution in [-0.4, -0.2) is 22.3 Å². The van der Waals surface area contributed by atoms with E-state index in [0.717, 1.165) is 11.1 Å². The van der Waals surface area contributed by atoms with Crippen molar-refractivity contribution < 1.29 is 9.53 Å². The Morgan fingerprint density at radius 1 is 1.15 bits per heavy atom. The molecule has 0 unspecified atom stereocenters. The van der Waals surface area contributed by atoms with E-state index in [9.17, 15) is 9.59 Å². The average Bonchev–Trinajstić information content (AvgIpc) is 2.65. The summed E-state index contributed by atoms with van der Waals surface area (Å²) in [4.78, 5) is 23.5. The molecule has 0 aliphatic heterocycles. The lowest BCUT2D eigenvalue weighted by molar-refractivity contribution is -0.118. The van der Waals surface area contributed by atoms with Gasteiger partial charge in [0.25, 0.3) is 11.5 Å². The molecule has 0 radical (unpaired) electrons. The number of amides is 1. The fourth-order valence-corrected chi connectivity index (χ4v) is 2.61. The van der Waals surface area contributed by atoms with Crippen LogP contribution in [0.1, 0.15) is 5.56 Å². The van der Waals surface area contributed by atoms with E-state index in [1.165, 1.54) is 10.7 Å². The summed E-state index contributed by atoms with van der Waals surface area (Å²) in [6.07, 6.45) is 0. The molecule has 1 heterocycles. The van der Waals surface area contributed by atoms with E-state index >= 15 is 0 Å². The molecule has 6 nitrogen and oxygen atoms in total. The van der Waals surface area contributed by atoms with Crippen LogP contribution in [0.3, 0.4) is 0 Å². The lowest BCUT2D eigenvalue weighted by atomic mass is 10.1. The average molecular weight is 384 g/mol. The summed E-state index contributed by atoms with van der Waals surface area (Å²) >= 11 is 6.05. The molecule has 3 aromatic rings. The van der Waals surface area contributed by atoms with Crippen molar-refractivity contribution >= 4 is 23.2 Å². The Morgan fingerprint density at radius 3 is 2.59 bits per heavy atom. The number of halogens is 1. The maximum Gasteiger partial charge on any atom is 0.266 e. The third kappa shape index (κ3) is 4.74. The molecule has 0 saturated carbocycles. The minimum Gasteiger partial charge on any atom is -0.482 e. The molecule has 1 aromatic heterocycles. The number of carbonyl (C=O) groups is 1. The van der Waals surface area contributed by atoms with Crippen LogP contribution in [-0.2, 0) is 11.8 Å². The summed E-state index contributed by atoms with van der Waals surface area (Å²) in [6.45, 7) is 1.78. The Hall–Kier alpha value is -3.12. The first-order valence-corrected chi connectivity index (χ1v) is 8.64. The number of carbonyl (C=O) groups excluding carboxylic acids is 1. The maximum absolute atomic E-state index is 12.1. The molecular formula is C20H18ClN3O3.